The summed E-state index contributed by atoms with van der Waals surface area (Å²) in [6, 6.07) is 4.00. The quantitative estimate of drug-likeness (QED) is 0.561. The predicted octanol–water partition coefficient (Wildman–Crippen LogP) is 2.86. The van der Waals surface area contributed by atoms with E-state index in [4.69, 9.17) is 11.6 Å². The van der Waals surface area contributed by atoms with E-state index in [-0.39, 0.29) is 0 Å². The van der Waals surface area contributed by atoms with Crippen LogP contribution < -0.4 is 0 Å². The van der Waals surface area contributed by atoms with Gasteiger partial charge in [-0.2, -0.15) is 0 Å². The molecule has 0 saturated carbocycles. The molecule has 0 radical (unpaired) electrons. The van der Waals surface area contributed by atoms with Crippen LogP contribution in [0.2, 0.25) is 5.15 Å². The van der Waals surface area contributed by atoms with E-state index in [9.17, 15) is 0 Å². The van der Waals surface area contributed by atoms with Crippen LogP contribution in [0.1, 0.15) is 24.6 Å². The van der Waals surface area contributed by atoms with Crippen molar-refractivity contribution in [2.75, 3.05) is 0 Å². The molecule has 1 aromatic rings. The highest BCUT2D eigenvalue weighted by Gasteiger charge is 2.15. The molecule has 0 unspecified atom stereocenters. The zero-order valence-corrected chi connectivity index (χ0v) is 7.93. The van der Waals surface area contributed by atoms with Crippen LogP contribution >= 0.6 is 11.6 Å². The third kappa shape index (κ3) is 1.46. The van der Waals surface area contributed by atoms with E-state index >= 15 is 0 Å². The Hall–Kier alpha value is -0.560. The van der Waals surface area contributed by atoms with Crippen LogP contribution in [-0.4, -0.2) is 4.98 Å². The van der Waals surface area contributed by atoms with E-state index in [1.807, 2.05) is 6.07 Å². The van der Waals surface area contributed by atoms with E-state index in [0.717, 1.165) is 12.3 Å². The molecule has 1 aliphatic rings. The zero-order valence-electron chi connectivity index (χ0n) is 7.18. The number of hydrogen-bond acceptors (Lipinski definition) is 1. The summed E-state index contributed by atoms with van der Waals surface area (Å²) in [5.41, 5.74) is 2.60. The van der Waals surface area contributed by atoms with Crippen molar-refractivity contribution in [3.63, 3.8) is 0 Å². The molecule has 0 fully saturated rings. The number of nitrogens with zero attached hydrogens (tertiary/aromatic N) is 1. The maximum atomic E-state index is 5.80. The standard InChI is InChI=1S/C10H12ClN/c1-7-2-4-9-8(6-7)3-5-10(11)12-9/h3,5,7H,2,4,6H2,1H3/t7-/m1/s1. The number of halogens is 1. The van der Waals surface area contributed by atoms with Crippen LogP contribution in [-0.2, 0) is 12.8 Å². The largest absolute Gasteiger partial charge is 0.241 e. The molecule has 0 bridgehead atoms. The summed E-state index contributed by atoms with van der Waals surface area (Å²) in [5, 5.41) is 0.628. The Morgan fingerprint density at radius 1 is 1.50 bits per heavy atom. The lowest BCUT2D eigenvalue weighted by atomic mass is 9.88. The minimum absolute atomic E-state index is 0.628. The molecule has 2 rings (SSSR count). The summed E-state index contributed by atoms with van der Waals surface area (Å²) in [4.78, 5) is 4.31. The van der Waals surface area contributed by atoms with Gasteiger partial charge in [-0.25, -0.2) is 4.98 Å². The van der Waals surface area contributed by atoms with Gasteiger partial charge in [0.05, 0.1) is 0 Å². The molecule has 1 aliphatic carbocycles. The lowest BCUT2D eigenvalue weighted by molar-refractivity contribution is 0.494. The summed E-state index contributed by atoms with van der Waals surface area (Å²) >= 11 is 5.80. The van der Waals surface area contributed by atoms with Gasteiger partial charge in [-0.3, -0.25) is 0 Å². The SMILES string of the molecule is C[C@@H]1CCc2nc(Cl)ccc2C1. The average molecular weight is 182 g/mol. The summed E-state index contributed by atoms with van der Waals surface area (Å²) < 4.78 is 0. The Balaban J connectivity index is 2.37. The smallest absolute Gasteiger partial charge is 0.129 e. The summed E-state index contributed by atoms with van der Waals surface area (Å²) in [6.07, 6.45) is 3.51. The van der Waals surface area contributed by atoms with Crippen molar-refractivity contribution in [2.45, 2.75) is 26.2 Å². The van der Waals surface area contributed by atoms with Crippen molar-refractivity contribution in [2.24, 2.45) is 5.92 Å². The number of pyridine rings is 1. The first-order valence-electron chi connectivity index (χ1n) is 4.40. The van der Waals surface area contributed by atoms with Crippen molar-refractivity contribution in [1.29, 1.82) is 0 Å². The third-order valence-electron chi connectivity index (χ3n) is 2.48. The zero-order chi connectivity index (χ0) is 8.55. The van der Waals surface area contributed by atoms with Crippen LogP contribution in [0.3, 0.4) is 0 Å². The Bertz CT molecular complexity index is 296. The summed E-state index contributed by atoms with van der Waals surface area (Å²) in [7, 11) is 0. The van der Waals surface area contributed by atoms with Gasteiger partial charge in [0.25, 0.3) is 0 Å². The second-order valence-corrected chi connectivity index (χ2v) is 3.98. The lowest BCUT2D eigenvalue weighted by Gasteiger charge is -2.20. The van der Waals surface area contributed by atoms with E-state index in [1.54, 1.807) is 0 Å². The second-order valence-electron chi connectivity index (χ2n) is 3.59. The van der Waals surface area contributed by atoms with Crippen LogP contribution in [0.15, 0.2) is 12.1 Å². The van der Waals surface area contributed by atoms with Crippen molar-refractivity contribution < 1.29 is 0 Å². The van der Waals surface area contributed by atoms with E-state index in [0.29, 0.717) is 5.15 Å². The van der Waals surface area contributed by atoms with Crippen molar-refractivity contribution in [3.05, 3.63) is 28.5 Å². The van der Waals surface area contributed by atoms with Gasteiger partial charge in [0.2, 0.25) is 0 Å². The van der Waals surface area contributed by atoms with E-state index in [2.05, 4.69) is 18.0 Å². The predicted molar refractivity (Wildman–Crippen MR) is 50.4 cm³/mol. The summed E-state index contributed by atoms with van der Waals surface area (Å²) in [6.45, 7) is 2.29. The van der Waals surface area contributed by atoms with E-state index in [1.165, 1.54) is 24.1 Å². The van der Waals surface area contributed by atoms with Gasteiger partial charge < -0.3 is 0 Å². The van der Waals surface area contributed by atoms with E-state index < -0.39 is 0 Å². The minimum Gasteiger partial charge on any atom is -0.241 e. The maximum absolute atomic E-state index is 5.80. The molecule has 1 aromatic heterocycles. The van der Waals surface area contributed by atoms with Crippen molar-refractivity contribution in [3.8, 4) is 0 Å². The average Bonchev–Trinajstić information content (AvgIpc) is 2.05. The first-order chi connectivity index (χ1) is 5.75. The fourth-order valence-corrected chi connectivity index (χ4v) is 1.93. The molecule has 1 nitrogen and oxygen atoms in total. The van der Waals surface area contributed by atoms with Gasteiger partial charge in [-0.1, -0.05) is 24.6 Å². The van der Waals surface area contributed by atoms with Crippen LogP contribution in [0.4, 0.5) is 0 Å². The molecular formula is C10H12ClN. The highest BCUT2D eigenvalue weighted by molar-refractivity contribution is 6.29. The number of aromatic nitrogens is 1. The molecule has 0 aliphatic heterocycles. The Labute approximate surface area is 77.8 Å². The minimum atomic E-state index is 0.628. The van der Waals surface area contributed by atoms with Gasteiger partial charge in [0.1, 0.15) is 5.15 Å². The first kappa shape index (κ1) is 8.06. The number of aryl methyl sites for hydroxylation is 1. The normalized spacial score (nSPS) is 22.0. The van der Waals surface area contributed by atoms with Crippen molar-refractivity contribution >= 4 is 11.6 Å². The maximum Gasteiger partial charge on any atom is 0.129 e. The van der Waals surface area contributed by atoms with Crippen molar-refractivity contribution in [1.82, 2.24) is 4.98 Å². The Morgan fingerprint density at radius 3 is 3.17 bits per heavy atom. The molecule has 0 spiro atoms. The molecule has 0 N–H and O–H groups in total. The highest BCUT2D eigenvalue weighted by atomic mass is 35.5. The topological polar surface area (TPSA) is 12.9 Å². The van der Waals surface area contributed by atoms with Crippen LogP contribution in [0.25, 0.3) is 0 Å². The van der Waals surface area contributed by atoms with Crippen LogP contribution in [0, 0.1) is 5.92 Å². The Morgan fingerprint density at radius 2 is 2.33 bits per heavy atom. The fraction of sp³-hybridized carbons (Fsp3) is 0.500. The molecule has 1 atom stereocenters. The molecule has 1 heterocycles. The third-order valence-corrected chi connectivity index (χ3v) is 2.69. The molecule has 64 valence electrons. The molecule has 2 heteroatoms. The summed E-state index contributed by atoms with van der Waals surface area (Å²) in [5.74, 6) is 0.806. The number of hydrogen-bond donors (Lipinski definition) is 0. The molecule has 12 heavy (non-hydrogen) atoms. The number of rotatable bonds is 0. The molecule has 0 saturated heterocycles. The van der Waals surface area contributed by atoms with Gasteiger partial charge in [-0.05, 0) is 36.8 Å². The van der Waals surface area contributed by atoms with Crippen LogP contribution in [0.5, 0.6) is 0 Å². The van der Waals surface area contributed by atoms with Gasteiger partial charge in [0.15, 0.2) is 0 Å². The Kier molecular flexibility index (Phi) is 2.05. The highest BCUT2D eigenvalue weighted by Crippen LogP contribution is 2.24. The lowest BCUT2D eigenvalue weighted by Crippen LogP contribution is -2.12. The molecule has 0 aromatic carbocycles. The number of fused-ring (bicyclic) bond motifs is 1. The molecule has 0 amide bonds. The fourth-order valence-electron chi connectivity index (χ4n) is 1.77. The molecular weight excluding hydrogens is 170 g/mol. The second kappa shape index (κ2) is 3.06. The monoisotopic (exact) mass is 181 g/mol. The van der Waals surface area contributed by atoms with Gasteiger partial charge in [0, 0.05) is 5.69 Å². The van der Waals surface area contributed by atoms with Gasteiger partial charge in [-0.15, -0.1) is 0 Å². The first-order valence-corrected chi connectivity index (χ1v) is 4.78. The van der Waals surface area contributed by atoms with Gasteiger partial charge >= 0.3 is 0 Å².